The van der Waals surface area contributed by atoms with Gasteiger partial charge in [0, 0.05) is 52.0 Å². The molecule has 1 aromatic heterocycles. The number of anilines is 3. The molecule has 9 nitrogen and oxygen atoms in total. The van der Waals surface area contributed by atoms with Crippen molar-refractivity contribution in [2.45, 2.75) is 13.3 Å². The highest BCUT2D eigenvalue weighted by Gasteiger charge is 2.27. The van der Waals surface area contributed by atoms with Crippen LogP contribution in [0.4, 0.5) is 17.2 Å². The summed E-state index contributed by atoms with van der Waals surface area (Å²) in [4.78, 5) is 22.6. The lowest BCUT2D eigenvalue weighted by atomic mass is 10.1. The third-order valence-corrected chi connectivity index (χ3v) is 6.00. The SMILES string of the molecule is CCCNc1ccnc(N2CCN(c3ccccc3OC)CC2)c1C(=O)NN1CCOCC1.Cl. The molecule has 0 saturated carbocycles. The van der Waals surface area contributed by atoms with Gasteiger partial charge in [-0.2, -0.15) is 0 Å². The first-order valence-electron chi connectivity index (χ1n) is 11.7. The fraction of sp³-hybridized carbons (Fsp3) is 0.500. The number of hydrogen-bond acceptors (Lipinski definition) is 8. The maximum Gasteiger partial charge on any atom is 0.271 e. The Hall–Kier alpha value is -2.75. The van der Waals surface area contributed by atoms with Gasteiger partial charge in [0.25, 0.3) is 5.91 Å². The topological polar surface area (TPSA) is 82.2 Å². The van der Waals surface area contributed by atoms with Gasteiger partial charge >= 0.3 is 0 Å². The van der Waals surface area contributed by atoms with Crippen molar-refractivity contribution in [3.8, 4) is 5.75 Å². The number of pyridine rings is 1. The predicted molar refractivity (Wildman–Crippen MR) is 138 cm³/mol. The second-order valence-corrected chi connectivity index (χ2v) is 8.17. The largest absolute Gasteiger partial charge is 0.495 e. The Morgan fingerprint density at radius 2 is 1.76 bits per heavy atom. The molecule has 0 atom stereocenters. The van der Waals surface area contributed by atoms with Crippen molar-refractivity contribution in [1.82, 2.24) is 15.4 Å². The molecule has 4 rings (SSSR count). The second kappa shape index (κ2) is 12.6. The number of halogens is 1. The van der Waals surface area contributed by atoms with Crippen molar-refractivity contribution in [3.05, 3.63) is 42.1 Å². The van der Waals surface area contributed by atoms with Crippen molar-refractivity contribution in [2.75, 3.05) is 81.3 Å². The van der Waals surface area contributed by atoms with E-state index in [1.807, 2.05) is 29.3 Å². The van der Waals surface area contributed by atoms with Crippen molar-refractivity contribution < 1.29 is 14.3 Å². The molecule has 2 N–H and O–H groups in total. The highest BCUT2D eigenvalue weighted by atomic mass is 35.5. The first-order valence-corrected chi connectivity index (χ1v) is 11.7. The van der Waals surface area contributed by atoms with Gasteiger partial charge < -0.3 is 24.6 Å². The van der Waals surface area contributed by atoms with Gasteiger partial charge in [-0.05, 0) is 24.6 Å². The molecule has 34 heavy (non-hydrogen) atoms. The number of hydrazine groups is 1. The number of carbonyl (C=O) groups excluding carboxylic acids is 1. The van der Waals surface area contributed by atoms with E-state index in [1.165, 1.54) is 0 Å². The Morgan fingerprint density at radius 3 is 2.47 bits per heavy atom. The van der Waals surface area contributed by atoms with Crippen LogP contribution in [0.2, 0.25) is 0 Å². The number of amides is 1. The Labute approximate surface area is 207 Å². The molecule has 2 aliphatic rings. The van der Waals surface area contributed by atoms with E-state index in [0.717, 1.165) is 62.1 Å². The summed E-state index contributed by atoms with van der Waals surface area (Å²) in [5, 5.41) is 5.34. The van der Waals surface area contributed by atoms with E-state index in [-0.39, 0.29) is 18.3 Å². The molecule has 0 spiro atoms. The summed E-state index contributed by atoms with van der Waals surface area (Å²) >= 11 is 0. The van der Waals surface area contributed by atoms with E-state index in [4.69, 9.17) is 9.47 Å². The lowest BCUT2D eigenvalue weighted by Crippen LogP contribution is -2.50. The number of carbonyl (C=O) groups is 1. The maximum absolute atomic E-state index is 13.4. The van der Waals surface area contributed by atoms with Crippen LogP contribution in [-0.2, 0) is 4.74 Å². The monoisotopic (exact) mass is 490 g/mol. The van der Waals surface area contributed by atoms with Gasteiger partial charge in [0.2, 0.25) is 0 Å². The number of para-hydroxylation sites is 2. The highest BCUT2D eigenvalue weighted by molar-refractivity contribution is 6.04. The molecule has 0 unspecified atom stereocenters. The van der Waals surface area contributed by atoms with Crippen LogP contribution in [0.3, 0.4) is 0 Å². The first kappa shape index (κ1) is 25.9. The van der Waals surface area contributed by atoms with Gasteiger partial charge in [-0.25, -0.2) is 9.99 Å². The zero-order valence-corrected chi connectivity index (χ0v) is 20.8. The molecule has 186 valence electrons. The number of aromatic nitrogens is 1. The summed E-state index contributed by atoms with van der Waals surface area (Å²) in [6.45, 7) is 8.66. The molecule has 0 radical (unpaired) electrons. The zero-order chi connectivity index (χ0) is 23.0. The Morgan fingerprint density at radius 1 is 1.06 bits per heavy atom. The summed E-state index contributed by atoms with van der Waals surface area (Å²) in [5.74, 6) is 1.47. The molecule has 0 aliphatic carbocycles. The third kappa shape index (κ3) is 6.02. The molecule has 1 amide bonds. The van der Waals surface area contributed by atoms with Crippen LogP contribution in [0.5, 0.6) is 5.75 Å². The van der Waals surface area contributed by atoms with Crippen LogP contribution in [0.15, 0.2) is 36.5 Å². The quantitative estimate of drug-likeness (QED) is 0.584. The molecule has 2 fully saturated rings. The lowest BCUT2D eigenvalue weighted by Gasteiger charge is -2.38. The minimum atomic E-state index is -0.134. The summed E-state index contributed by atoms with van der Waals surface area (Å²) in [6, 6.07) is 9.97. The molecule has 3 heterocycles. The Kier molecular flexibility index (Phi) is 9.62. The molecule has 1 aromatic carbocycles. The first-order chi connectivity index (χ1) is 16.2. The van der Waals surface area contributed by atoms with Crippen LogP contribution in [-0.4, -0.2) is 82.0 Å². The summed E-state index contributed by atoms with van der Waals surface area (Å²) in [6.07, 6.45) is 2.76. The van der Waals surface area contributed by atoms with Crippen molar-refractivity contribution in [2.24, 2.45) is 0 Å². The third-order valence-electron chi connectivity index (χ3n) is 6.00. The number of benzene rings is 1. The number of hydrogen-bond donors (Lipinski definition) is 2. The fourth-order valence-corrected chi connectivity index (χ4v) is 4.25. The maximum atomic E-state index is 13.4. The second-order valence-electron chi connectivity index (χ2n) is 8.17. The normalized spacial score (nSPS) is 16.5. The number of morpholine rings is 1. The van der Waals surface area contributed by atoms with Gasteiger partial charge in [0.05, 0.1) is 31.7 Å². The lowest BCUT2D eigenvalue weighted by molar-refractivity contribution is 0.0126. The fourth-order valence-electron chi connectivity index (χ4n) is 4.25. The Balaban J connectivity index is 0.00000324. The summed E-state index contributed by atoms with van der Waals surface area (Å²) < 4.78 is 10.9. The predicted octanol–water partition coefficient (Wildman–Crippen LogP) is 2.64. The van der Waals surface area contributed by atoms with Gasteiger partial charge in [0.1, 0.15) is 17.1 Å². The Bertz CT molecular complexity index is 933. The van der Waals surface area contributed by atoms with Crippen LogP contribution < -0.4 is 25.3 Å². The van der Waals surface area contributed by atoms with E-state index in [2.05, 4.69) is 38.5 Å². The molecule has 10 heteroatoms. The van der Waals surface area contributed by atoms with E-state index >= 15 is 0 Å². The number of nitrogens with one attached hydrogen (secondary N) is 2. The minimum Gasteiger partial charge on any atom is -0.495 e. The number of nitrogens with zero attached hydrogens (tertiary/aromatic N) is 4. The van der Waals surface area contributed by atoms with Crippen LogP contribution in [0.1, 0.15) is 23.7 Å². The van der Waals surface area contributed by atoms with Gasteiger partial charge in [0.15, 0.2) is 0 Å². The number of rotatable bonds is 8. The molecule has 2 saturated heterocycles. The number of ether oxygens (including phenoxy) is 2. The van der Waals surface area contributed by atoms with Crippen LogP contribution in [0, 0.1) is 0 Å². The molecule has 2 aromatic rings. The summed E-state index contributed by atoms with van der Waals surface area (Å²) in [7, 11) is 1.70. The molecule has 0 bridgehead atoms. The molecule has 2 aliphatic heterocycles. The van der Waals surface area contributed by atoms with Gasteiger partial charge in [-0.1, -0.05) is 19.1 Å². The minimum absolute atomic E-state index is 0. The molecular weight excluding hydrogens is 456 g/mol. The molecular formula is C24H35ClN6O3. The van der Waals surface area contributed by atoms with Gasteiger partial charge in [-0.3, -0.25) is 10.2 Å². The average molecular weight is 491 g/mol. The standard InChI is InChI=1S/C24H34N6O3.ClH/c1-3-9-25-19-8-10-26-23(22(19)24(31)27-30-15-17-33-18-16-30)29-13-11-28(12-14-29)20-6-4-5-7-21(20)32-2;/h4-8,10H,3,9,11-18H2,1-2H3,(H,25,26)(H,27,31);1H. The average Bonchev–Trinajstić information content (AvgIpc) is 2.87. The van der Waals surface area contributed by atoms with E-state index in [0.29, 0.717) is 31.9 Å². The van der Waals surface area contributed by atoms with Gasteiger partial charge in [-0.15, -0.1) is 12.4 Å². The number of methoxy groups -OCH3 is 1. The van der Waals surface area contributed by atoms with Crippen molar-refractivity contribution >= 4 is 35.5 Å². The van der Waals surface area contributed by atoms with Crippen LogP contribution in [0.25, 0.3) is 0 Å². The smallest absolute Gasteiger partial charge is 0.271 e. The highest BCUT2D eigenvalue weighted by Crippen LogP contribution is 2.31. The van der Waals surface area contributed by atoms with E-state index in [1.54, 1.807) is 13.3 Å². The van der Waals surface area contributed by atoms with Crippen LogP contribution >= 0.6 is 12.4 Å². The van der Waals surface area contributed by atoms with E-state index < -0.39 is 0 Å². The van der Waals surface area contributed by atoms with Crippen molar-refractivity contribution in [3.63, 3.8) is 0 Å². The summed E-state index contributed by atoms with van der Waals surface area (Å²) in [5.41, 5.74) is 5.58. The van der Waals surface area contributed by atoms with E-state index in [9.17, 15) is 4.79 Å². The number of piperazine rings is 1. The van der Waals surface area contributed by atoms with Crippen molar-refractivity contribution in [1.29, 1.82) is 0 Å². The zero-order valence-electron chi connectivity index (χ0n) is 20.0.